The smallest absolute Gasteiger partial charge is 0.254 e. The lowest BCUT2D eigenvalue weighted by Crippen LogP contribution is -2.58. The number of nitrogens with two attached hydrogens (primary N) is 1. The summed E-state index contributed by atoms with van der Waals surface area (Å²) in [5.41, 5.74) is 10.3. The number of aliphatic imine (C=N–C) groups is 1. The quantitative estimate of drug-likeness (QED) is 0.0846. The van der Waals surface area contributed by atoms with Crippen molar-refractivity contribution in [2.24, 2.45) is 10.9 Å². The summed E-state index contributed by atoms with van der Waals surface area (Å²) < 4.78 is 41.5. The van der Waals surface area contributed by atoms with Crippen LogP contribution in [0.15, 0.2) is 60.2 Å². The molecule has 2 bridgehead atoms. The number of carbonyl (C=O) groups excluding carboxylic acids is 5. The van der Waals surface area contributed by atoms with Gasteiger partial charge < -0.3 is 45.4 Å². The van der Waals surface area contributed by atoms with Crippen molar-refractivity contribution in [3.8, 4) is 17.3 Å². The number of rotatable bonds is 21. The molecule has 5 atom stereocenters. The van der Waals surface area contributed by atoms with Gasteiger partial charge in [-0.3, -0.25) is 33.6 Å². The number of Topliss-reactive ketones (excluding diaryl/α,β-unsaturated/α-hetero) is 1. The molecule has 0 radical (unpaired) electrons. The van der Waals surface area contributed by atoms with Gasteiger partial charge in [0.1, 0.15) is 29.5 Å². The largest absolute Gasteiger partial charge is 0.381 e. The summed E-state index contributed by atoms with van der Waals surface area (Å²) in [6.07, 6.45) is 6.45. The summed E-state index contributed by atoms with van der Waals surface area (Å²) >= 11 is 1.61. The van der Waals surface area contributed by atoms with Crippen LogP contribution < -0.4 is 21.3 Å². The van der Waals surface area contributed by atoms with Crippen molar-refractivity contribution in [1.29, 1.82) is 5.26 Å². The number of likely N-dealkylation sites (N-methyl/N-ethyl adjacent to an activating group) is 1. The third-order valence-corrected chi connectivity index (χ3v) is 17.3. The SMILES string of the molecule is C=C(c1ccc(F)cc1)C1CSC([C@H]2CCCN2C(=O)[C@H](NC(=O)[C@@H](C)NC)C2CCN(C(=O)CCOCCOCCC(=O)CCCn3nc(C#N)c4c3CN(C)C(=O)c3ccc(F)cc3[C@H]3CCCN3c3nc-4cnc3N)CC2)=N1. The molecule has 3 saturated heterocycles. The van der Waals surface area contributed by atoms with Gasteiger partial charge in [0.2, 0.25) is 17.7 Å². The van der Waals surface area contributed by atoms with Gasteiger partial charge in [-0.05, 0) is 112 Å². The van der Waals surface area contributed by atoms with E-state index in [0.29, 0.717) is 91.5 Å². The fourth-order valence-electron chi connectivity index (χ4n) is 11.5. The maximum absolute atomic E-state index is 14.8. The number of thioether (sulfide) groups is 1. The number of nitrogens with one attached hydrogen (secondary N) is 2. The number of aromatic nitrogens is 4. The number of amides is 4. The first-order valence-corrected chi connectivity index (χ1v) is 28.9. The Bertz CT molecular complexity index is 3070. The van der Waals surface area contributed by atoms with Crippen LogP contribution in [0.5, 0.6) is 0 Å². The lowest BCUT2D eigenvalue weighted by molar-refractivity contribution is -0.140. The van der Waals surface area contributed by atoms with E-state index in [0.717, 1.165) is 35.4 Å². The molecule has 4 aromatic rings. The predicted octanol–water partition coefficient (Wildman–Crippen LogP) is 5.71. The van der Waals surface area contributed by atoms with Crippen LogP contribution in [0, 0.1) is 28.9 Å². The monoisotopic (exact) mass is 1130 g/mol. The number of nitrogens with zero attached hydrogens (tertiary/aromatic N) is 10. The predicted molar refractivity (Wildman–Crippen MR) is 303 cm³/mol. The highest BCUT2D eigenvalue weighted by Gasteiger charge is 2.43. The number of anilines is 2. The standard InChI is InChI=1S/C58H71F2N13O7S/c1-35(37-11-13-39(59)14-12-37)46-34-81-56(66-46)48-10-7-22-72(48)58(78)52(67-55(76)36(2)63-3)38-17-24-70(25-18-38)50(75)20-27-80-29-28-79-26-19-41(74)8-5-23-73-49-33-69(4)57(77)42-16-15-40(60)30-43(42)47-9-6-21-71(47)54-53(62)64-32-45(65-54)51(49)44(31-61)68-73/h11-16,30,32,36,38,46-48,52,63H,1,5-10,17-29,33-34H2,2-4H3,(H2,62,64)(H,67,76)/t36-,46?,47-,48-,52-/m1/s1. The summed E-state index contributed by atoms with van der Waals surface area (Å²) in [4.78, 5) is 89.8. The second-order valence-corrected chi connectivity index (χ2v) is 22.4. The number of carbonyl (C=O) groups is 5. The van der Waals surface area contributed by atoms with Crippen LogP contribution in [0.25, 0.3) is 16.8 Å². The summed E-state index contributed by atoms with van der Waals surface area (Å²) in [6, 6.07) is 10.5. The second kappa shape index (κ2) is 26.6. The van der Waals surface area contributed by atoms with Gasteiger partial charge >= 0.3 is 0 Å². The van der Waals surface area contributed by atoms with Crippen molar-refractivity contribution in [2.75, 3.05) is 83.1 Å². The van der Waals surface area contributed by atoms with E-state index in [-0.39, 0.29) is 130 Å². The Kier molecular flexibility index (Phi) is 19.2. The maximum Gasteiger partial charge on any atom is 0.254 e. The number of hydrogen-bond donors (Lipinski definition) is 3. The van der Waals surface area contributed by atoms with E-state index in [1.54, 1.807) is 54.5 Å². The molecule has 430 valence electrons. The number of hydrogen-bond acceptors (Lipinski definition) is 16. The fourth-order valence-corrected chi connectivity index (χ4v) is 12.7. The number of ether oxygens (including phenoxy) is 2. The molecule has 5 aliphatic heterocycles. The van der Waals surface area contributed by atoms with Gasteiger partial charge in [0, 0.05) is 63.9 Å². The van der Waals surface area contributed by atoms with Crippen molar-refractivity contribution < 1.29 is 42.2 Å². The van der Waals surface area contributed by atoms with Crippen LogP contribution in [0.4, 0.5) is 20.4 Å². The Labute approximate surface area is 474 Å². The molecule has 4 N–H and O–H groups in total. The second-order valence-electron chi connectivity index (χ2n) is 21.3. The minimum atomic E-state index is -0.774. The molecule has 7 heterocycles. The molecule has 2 aromatic heterocycles. The summed E-state index contributed by atoms with van der Waals surface area (Å²) in [5.74, 6) is -0.590. The number of likely N-dealkylation sites (tertiary alicyclic amines) is 2. The van der Waals surface area contributed by atoms with Gasteiger partial charge in [0.25, 0.3) is 5.91 Å². The van der Waals surface area contributed by atoms with Gasteiger partial charge in [0.15, 0.2) is 17.3 Å². The lowest BCUT2D eigenvalue weighted by Gasteiger charge is -2.38. The van der Waals surface area contributed by atoms with Gasteiger partial charge in [0.05, 0.1) is 91.8 Å². The number of piperidine rings is 1. The Morgan fingerprint density at radius 3 is 2.40 bits per heavy atom. The zero-order valence-electron chi connectivity index (χ0n) is 46.2. The van der Waals surface area contributed by atoms with Gasteiger partial charge in [-0.25, -0.2) is 18.7 Å². The molecule has 9 rings (SSSR count). The summed E-state index contributed by atoms with van der Waals surface area (Å²) in [7, 11) is 3.34. The molecule has 2 aromatic carbocycles. The van der Waals surface area contributed by atoms with E-state index < -0.39 is 17.9 Å². The van der Waals surface area contributed by atoms with Crippen molar-refractivity contribution >= 4 is 63.4 Å². The number of nitriles is 1. The topological polar surface area (TPSA) is 247 Å². The Morgan fingerprint density at radius 2 is 1.65 bits per heavy atom. The van der Waals surface area contributed by atoms with Crippen LogP contribution in [0.2, 0.25) is 0 Å². The fraction of sp³-hybridized carbons (Fsp3) is 0.517. The lowest BCUT2D eigenvalue weighted by atomic mass is 9.88. The van der Waals surface area contributed by atoms with Crippen LogP contribution in [-0.2, 0) is 41.7 Å². The third-order valence-electron chi connectivity index (χ3n) is 16.1. The molecule has 4 amide bonds. The highest BCUT2D eigenvalue weighted by Crippen LogP contribution is 2.41. The maximum atomic E-state index is 14.8. The molecule has 0 saturated carbocycles. The molecular formula is C58H71F2N13O7S. The summed E-state index contributed by atoms with van der Waals surface area (Å²) in [5, 5.41) is 21.8. The number of ketones is 1. The number of benzene rings is 2. The zero-order chi connectivity index (χ0) is 57.3. The van der Waals surface area contributed by atoms with Crippen LogP contribution in [0.3, 0.4) is 0 Å². The third kappa shape index (κ3) is 13.5. The molecule has 5 aliphatic rings. The van der Waals surface area contributed by atoms with Crippen LogP contribution in [-0.4, -0.2) is 166 Å². The normalized spacial score (nSPS) is 19.9. The van der Waals surface area contributed by atoms with Crippen molar-refractivity contribution in [3.05, 3.63) is 95.0 Å². The van der Waals surface area contributed by atoms with Crippen LogP contribution >= 0.6 is 11.8 Å². The summed E-state index contributed by atoms with van der Waals surface area (Å²) in [6.45, 7) is 9.09. The van der Waals surface area contributed by atoms with E-state index in [9.17, 15) is 38.0 Å². The first kappa shape index (κ1) is 58.5. The number of halogens is 2. The highest BCUT2D eigenvalue weighted by molar-refractivity contribution is 8.14. The zero-order valence-corrected chi connectivity index (χ0v) is 47.0. The molecule has 3 fully saturated rings. The Hall–Kier alpha value is -7.13. The van der Waals surface area contributed by atoms with Gasteiger partial charge in [-0.15, -0.1) is 11.8 Å². The minimum Gasteiger partial charge on any atom is -0.381 e. The Morgan fingerprint density at radius 1 is 0.938 bits per heavy atom. The van der Waals surface area contributed by atoms with Crippen molar-refractivity contribution in [3.63, 3.8) is 0 Å². The highest BCUT2D eigenvalue weighted by atomic mass is 32.2. The molecule has 20 nitrogen and oxygen atoms in total. The van der Waals surface area contributed by atoms with Crippen LogP contribution in [0.1, 0.15) is 110 Å². The molecule has 0 spiro atoms. The first-order valence-electron chi connectivity index (χ1n) is 28.0. The minimum absolute atomic E-state index is 0.0305. The van der Waals surface area contributed by atoms with Crippen molar-refractivity contribution in [2.45, 2.75) is 114 Å². The first-order chi connectivity index (χ1) is 39.1. The van der Waals surface area contributed by atoms with E-state index in [2.05, 4.69) is 33.4 Å². The molecule has 0 aliphatic carbocycles. The van der Waals surface area contributed by atoms with E-state index in [1.165, 1.54) is 41.4 Å². The molecule has 23 heteroatoms. The molecular weight excluding hydrogens is 1060 g/mol. The van der Waals surface area contributed by atoms with E-state index in [1.807, 2.05) is 9.80 Å². The number of nitrogen functional groups attached to an aromatic ring is 1. The number of aryl methyl sites for hydroxylation is 1. The molecule has 1 unspecified atom stereocenters. The Balaban J connectivity index is 0.711. The average molecular weight is 1130 g/mol. The van der Waals surface area contributed by atoms with Gasteiger partial charge in [-0.2, -0.15) is 10.4 Å². The number of fused-ring (bicyclic) bond motifs is 8. The van der Waals surface area contributed by atoms with Crippen molar-refractivity contribution in [1.82, 2.24) is 45.1 Å². The van der Waals surface area contributed by atoms with Gasteiger partial charge in [-0.1, -0.05) is 18.7 Å². The van der Waals surface area contributed by atoms with E-state index >= 15 is 0 Å². The average Bonchev–Trinajstić information content (AvgIpc) is 4.34. The molecule has 81 heavy (non-hydrogen) atoms. The van der Waals surface area contributed by atoms with E-state index in [4.69, 9.17) is 25.2 Å².